The highest BCUT2D eigenvalue weighted by atomic mass is 35.5. The Bertz CT molecular complexity index is 216. The van der Waals surface area contributed by atoms with Crippen LogP contribution in [0.4, 0.5) is 0 Å². The van der Waals surface area contributed by atoms with E-state index in [0.717, 1.165) is 17.3 Å². The fraction of sp³-hybridized carbons (Fsp3) is 0.667. The van der Waals surface area contributed by atoms with Crippen LogP contribution >= 0.6 is 23.4 Å². The number of halogens is 1. The minimum absolute atomic E-state index is 0.295. The quantitative estimate of drug-likeness (QED) is 0.685. The normalized spacial score (nSPS) is 10.4. The van der Waals surface area contributed by atoms with Gasteiger partial charge >= 0.3 is 0 Å². The highest BCUT2D eigenvalue weighted by molar-refractivity contribution is 7.98. The van der Waals surface area contributed by atoms with E-state index in [9.17, 15) is 0 Å². The number of hydrogen-bond donors (Lipinski definition) is 0. The molecule has 0 unspecified atom stereocenters. The molecule has 1 aromatic heterocycles. The maximum atomic E-state index is 5.47. The predicted molar refractivity (Wildman–Crippen MR) is 45.7 cm³/mol. The summed E-state index contributed by atoms with van der Waals surface area (Å²) in [6.07, 6.45) is 0. The van der Waals surface area contributed by atoms with E-state index in [0.29, 0.717) is 11.8 Å². The highest BCUT2D eigenvalue weighted by Gasteiger charge is 2.03. The van der Waals surface area contributed by atoms with E-state index < -0.39 is 0 Å². The monoisotopic (exact) mass is 192 g/mol. The zero-order valence-electron chi connectivity index (χ0n) is 6.21. The van der Waals surface area contributed by atoms with Gasteiger partial charge in [0.15, 0.2) is 5.82 Å². The Morgan fingerprint density at radius 2 is 2.45 bits per heavy atom. The summed E-state index contributed by atoms with van der Waals surface area (Å²) in [6, 6.07) is 0. The van der Waals surface area contributed by atoms with Crippen LogP contribution in [0.25, 0.3) is 0 Å². The Hall–Kier alpha value is -0.220. The Kier molecular flexibility index (Phi) is 3.72. The molecular formula is C6H9ClN2OS. The van der Waals surface area contributed by atoms with Crippen molar-refractivity contribution >= 4 is 23.4 Å². The van der Waals surface area contributed by atoms with Gasteiger partial charge in [-0.3, -0.25) is 0 Å². The van der Waals surface area contributed by atoms with E-state index in [1.54, 1.807) is 11.8 Å². The molecule has 0 atom stereocenters. The number of rotatable bonds is 4. The number of alkyl halides is 1. The van der Waals surface area contributed by atoms with Gasteiger partial charge in [0, 0.05) is 0 Å². The summed E-state index contributed by atoms with van der Waals surface area (Å²) in [5.41, 5.74) is 0. The van der Waals surface area contributed by atoms with Gasteiger partial charge in [0.05, 0.1) is 5.75 Å². The molecule has 0 N–H and O–H groups in total. The Morgan fingerprint density at radius 3 is 3.00 bits per heavy atom. The molecule has 1 heterocycles. The van der Waals surface area contributed by atoms with Gasteiger partial charge < -0.3 is 4.52 Å². The van der Waals surface area contributed by atoms with E-state index in [4.69, 9.17) is 16.1 Å². The number of thioether (sulfide) groups is 1. The standard InChI is InChI=1S/C6H9ClN2OS/c1-2-11-4-5-8-6(3-7)10-9-5/h2-4H2,1H3. The molecule has 0 aliphatic rings. The topological polar surface area (TPSA) is 38.9 Å². The first-order valence-electron chi connectivity index (χ1n) is 3.32. The van der Waals surface area contributed by atoms with Crippen molar-refractivity contribution in [2.75, 3.05) is 5.75 Å². The van der Waals surface area contributed by atoms with Crippen LogP contribution in [-0.2, 0) is 11.6 Å². The van der Waals surface area contributed by atoms with Crippen LogP contribution in [0.1, 0.15) is 18.6 Å². The van der Waals surface area contributed by atoms with Gasteiger partial charge in [-0.2, -0.15) is 16.7 Å². The molecule has 0 aromatic carbocycles. The van der Waals surface area contributed by atoms with Gasteiger partial charge in [-0.25, -0.2) is 0 Å². The molecule has 0 amide bonds. The highest BCUT2D eigenvalue weighted by Crippen LogP contribution is 2.09. The molecule has 0 radical (unpaired) electrons. The number of hydrogen-bond acceptors (Lipinski definition) is 4. The lowest BCUT2D eigenvalue weighted by molar-refractivity contribution is 0.386. The molecule has 11 heavy (non-hydrogen) atoms. The van der Waals surface area contributed by atoms with Crippen molar-refractivity contribution in [2.24, 2.45) is 0 Å². The fourth-order valence-electron chi connectivity index (χ4n) is 0.596. The third kappa shape index (κ3) is 2.71. The summed E-state index contributed by atoms with van der Waals surface area (Å²) in [5.74, 6) is 3.39. The first-order valence-corrected chi connectivity index (χ1v) is 5.01. The van der Waals surface area contributed by atoms with Crippen molar-refractivity contribution in [3.8, 4) is 0 Å². The maximum Gasteiger partial charge on any atom is 0.241 e. The first kappa shape index (κ1) is 8.87. The molecular weight excluding hydrogens is 184 g/mol. The van der Waals surface area contributed by atoms with Crippen LogP contribution in [0.5, 0.6) is 0 Å². The minimum atomic E-state index is 0.295. The Labute approximate surface area is 74.5 Å². The lowest BCUT2D eigenvalue weighted by Gasteiger charge is -1.87. The molecule has 0 spiro atoms. The third-order valence-electron chi connectivity index (χ3n) is 1.06. The molecule has 0 saturated carbocycles. The van der Waals surface area contributed by atoms with E-state index in [1.807, 2.05) is 0 Å². The van der Waals surface area contributed by atoms with Crippen LogP contribution in [0, 0.1) is 0 Å². The summed E-state index contributed by atoms with van der Waals surface area (Å²) in [5, 5.41) is 3.73. The smallest absolute Gasteiger partial charge is 0.241 e. The van der Waals surface area contributed by atoms with Gasteiger partial charge in [-0.1, -0.05) is 12.1 Å². The third-order valence-corrected chi connectivity index (χ3v) is 2.16. The van der Waals surface area contributed by atoms with E-state index in [-0.39, 0.29) is 0 Å². The SMILES string of the molecule is CCSCc1noc(CCl)n1. The second-order valence-corrected chi connectivity index (χ2v) is 3.42. The van der Waals surface area contributed by atoms with Crippen molar-refractivity contribution in [1.29, 1.82) is 0 Å². The van der Waals surface area contributed by atoms with E-state index >= 15 is 0 Å². The van der Waals surface area contributed by atoms with Crippen molar-refractivity contribution in [3.63, 3.8) is 0 Å². The molecule has 0 fully saturated rings. The van der Waals surface area contributed by atoms with Crippen molar-refractivity contribution < 1.29 is 4.52 Å². The first-order chi connectivity index (χ1) is 5.36. The molecule has 0 aliphatic carbocycles. The van der Waals surface area contributed by atoms with Crippen molar-refractivity contribution in [1.82, 2.24) is 10.1 Å². The van der Waals surface area contributed by atoms with Gasteiger partial charge in [0.1, 0.15) is 5.88 Å². The average molecular weight is 193 g/mol. The zero-order chi connectivity index (χ0) is 8.10. The van der Waals surface area contributed by atoms with Gasteiger partial charge in [0.25, 0.3) is 0 Å². The molecule has 0 aliphatic heterocycles. The molecule has 3 nitrogen and oxygen atoms in total. The second kappa shape index (κ2) is 4.62. The van der Waals surface area contributed by atoms with Crippen LogP contribution in [-0.4, -0.2) is 15.9 Å². The summed E-state index contributed by atoms with van der Waals surface area (Å²) >= 11 is 7.23. The molecule has 0 bridgehead atoms. The van der Waals surface area contributed by atoms with Gasteiger partial charge in [-0.15, -0.1) is 11.6 Å². The van der Waals surface area contributed by atoms with Crippen LogP contribution in [0.3, 0.4) is 0 Å². The maximum absolute atomic E-state index is 5.47. The molecule has 1 aromatic rings. The summed E-state index contributed by atoms with van der Waals surface area (Å²) in [7, 11) is 0. The summed E-state index contributed by atoms with van der Waals surface area (Å²) in [4.78, 5) is 4.04. The lowest BCUT2D eigenvalue weighted by atomic mass is 10.7. The molecule has 62 valence electrons. The average Bonchev–Trinajstić information content (AvgIpc) is 2.48. The summed E-state index contributed by atoms with van der Waals surface area (Å²) < 4.78 is 4.80. The molecule has 5 heteroatoms. The largest absolute Gasteiger partial charge is 0.338 e. The van der Waals surface area contributed by atoms with Gasteiger partial charge in [0.2, 0.25) is 5.89 Å². The Morgan fingerprint density at radius 1 is 1.64 bits per heavy atom. The zero-order valence-corrected chi connectivity index (χ0v) is 7.78. The number of nitrogens with zero attached hydrogens (tertiary/aromatic N) is 2. The van der Waals surface area contributed by atoms with E-state index in [1.165, 1.54) is 0 Å². The number of aromatic nitrogens is 2. The van der Waals surface area contributed by atoms with Gasteiger partial charge in [-0.05, 0) is 5.75 Å². The lowest BCUT2D eigenvalue weighted by Crippen LogP contribution is -1.84. The second-order valence-electron chi connectivity index (χ2n) is 1.88. The molecule has 0 saturated heterocycles. The van der Waals surface area contributed by atoms with Crippen molar-refractivity contribution in [2.45, 2.75) is 18.6 Å². The summed E-state index contributed by atoms with van der Waals surface area (Å²) in [6.45, 7) is 2.09. The van der Waals surface area contributed by atoms with Crippen LogP contribution < -0.4 is 0 Å². The predicted octanol–water partition coefficient (Wildman–Crippen LogP) is 2.06. The minimum Gasteiger partial charge on any atom is -0.338 e. The fourth-order valence-corrected chi connectivity index (χ4v) is 1.21. The van der Waals surface area contributed by atoms with Crippen LogP contribution in [0.2, 0.25) is 0 Å². The van der Waals surface area contributed by atoms with E-state index in [2.05, 4.69) is 17.1 Å². The van der Waals surface area contributed by atoms with Crippen LogP contribution in [0.15, 0.2) is 4.52 Å². The van der Waals surface area contributed by atoms with Crippen molar-refractivity contribution in [3.05, 3.63) is 11.7 Å². The molecule has 1 rings (SSSR count). The Balaban J connectivity index is 2.44.